The van der Waals surface area contributed by atoms with Crippen LogP contribution in [-0.4, -0.2) is 56.2 Å². The van der Waals surface area contributed by atoms with Crippen LogP contribution >= 0.6 is 0 Å². The van der Waals surface area contributed by atoms with Crippen molar-refractivity contribution in [3.63, 3.8) is 0 Å². The minimum absolute atomic E-state index is 0.355. The third kappa shape index (κ3) is 4.47. The van der Waals surface area contributed by atoms with Crippen molar-refractivity contribution in [3.8, 4) is 11.5 Å². The molecular weight excluding hydrogens is 384 g/mol. The largest absolute Gasteiger partial charge is 0.496 e. The lowest BCUT2D eigenvalue weighted by atomic mass is 9.81. The lowest BCUT2D eigenvalue weighted by molar-refractivity contribution is 0.204. The van der Waals surface area contributed by atoms with Gasteiger partial charge in [0.25, 0.3) is 0 Å². The summed E-state index contributed by atoms with van der Waals surface area (Å²) in [6.07, 6.45) is 7.76. The molecule has 31 heavy (non-hydrogen) atoms. The molecular formula is C27H36N2O2. The second-order valence-corrected chi connectivity index (χ2v) is 9.34. The topological polar surface area (TPSA) is 24.9 Å². The van der Waals surface area contributed by atoms with Gasteiger partial charge in [-0.2, -0.15) is 0 Å². The molecule has 0 unspecified atom stereocenters. The Balaban J connectivity index is 1.32. The van der Waals surface area contributed by atoms with Crippen LogP contribution in [0.1, 0.15) is 67.2 Å². The van der Waals surface area contributed by atoms with Gasteiger partial charge in [0, 0.05) is 30.6 Å². The average molecular weight is 421 g/mol. The summed E-state index contributed by atoms with van der Waals surface area (Å²) in [6.45, 7) is 6.77. The van der Waals surface area contributed by atoms with Gasteiger partial charge in [-0.25, -0.2) is 0 Å². The molecule has 166 valence electrons. The fourth-order valence-corrected chi connectivity index (χ4v) is 5.86. The van der Waals surface area contributed by atoms with Gasteiger partial charge in [-0.15, -0.1) is 0 Å². The van der Waals surface area contributed by atoms with Crippen LogP contribution in [0.2, 0.25) is 0 Å². The van der Waals surface area contributed by atoms with E-state index >= 15 is 0 Å². The zero-order chi connectivity index (χ0) is 21.0. The lowest BCUT2D eigenvalue weighted by Gasteiger charge is -2.38. The predicted octanol–water partition coefficient (Wildman–Crippen LogP) is 5.23. The molecule has 2 saturated heterocycles. The van der Waals surface area contributed by atoms with Gasteiger partial charge in [0.15, 0.2) is 0 Å². The third-order valence-corrected chi connectivity index (χ3v) is 7.42. The fraction of sp³-hybridized carbons (Fsp3) is 0.556. The van der Waals surface area contributed by atoms with Gasteiger partial charge in [-0.05, 0) is 81.1 Å². The molecule has 0 bridgehead atoms. The van der Waals surface area contributed by atoms with Gasteiger partial charge in [0.05, 0.1) is 13.7 Å². The van der Waals surface area contributed by atoms with E-state index in [-0.39, 0.29) is 0 Å². The highest BCUT2D eigenvalue weighted by Gasteiger charge is 2.37. The van der Waals surface area contributed by atoms with Gasteiger partial charge in [-0.1, -0.05) is 30.7 Å². The molecule has 3 aliphatic heterocycles. The van der Waals surface area contributed by atoms with Gasteiger partial charge in [-0.3, -0.25) is 4.90 Å². The number of fused-ring (bicyclic) bond motifs is 3. The Morgan fingerprint density at radius 1 is 0.903 bits per heavy atom. The van der Waals surface area contributed by atoms with Gasteiger partial charge in [0.2, 0.25) is 0 Å². The Morgan fingerprint density at radius 2 is 1.77 bits per heavy atom. The minimum Gasteiger partial charge on any atom is -0.496 e. The van der Waals surface area contributed by atoms with Gasteiger partial charge < -0.3 is 14.4 Å². The quantitative estimate of drug-likeness (QED) is 0.573. The van der Waals surface area contributed by atoms with Crippen molar-refractivity contribution in [2.45, 2.75) is 50.5 Å². The summed E-state index contributed by atoms with van der Waals surface area (Å²) >= 11 is 0. The maximum absolute atomic E-state index is 6.23. The lowest BCUT2D eigenvalue weighted by Crippen LogP contribution is -2.34. The summed E-state index contributed by atoms with van der Waals surface area (Å²) in [5.74, 6) is 2.38. The molecule has 3 aliphatic rings. The van der Waals surface area contributed by atoms with Crippen molar-refractivity contribution >= 4 is 0 Å². The van der Waals surface area contributed by atoms with Crippen LogP contribution in [0.5, 0.6) is 11.5 Å². The zero-order valence-electron chi connectivity index (χ0n) is 18.9. The molecule has 0 N–H and O–H groups in total. The summed E-state index contributed by atoms with van der Waals surface area (Å²) in [5.41, 5.74) is 4.22. The van der Waals surface area contributed by atoms with Crippen LogP contribution in [0.4, 0.5) is 0 Å². The number of benzene rings is 2. The van der Waals surface area contributed by atoms with Crippen LogP contribution in [-0.2, 0) is 0 Å². The summed E-state index contributed by atoms with van der Waals surface area (Å²) < 4.78 is 11.9. The van der Waals surface area contributed by atoms with Crippen LogP contribution in [0.25, 0.3) is 0 Å². The van der Waals surface area contributed by atoms with Gasteiger partial charge in [0.1, 0.15) is 11.5 Å². The number of methoxy groups -OCH3 is 1. The molecule has 3 heterocycles. The molecule has 2 atom stereocenters. The van der Waals surface area contributed by atoms with E-state index < -0.39 is 0 Å². The second kappa shape index (κ2) is 9.62. The highest BCUT2D eigenvalue weighted by atomic mass is 16.5. The molecule has 0 radical (unpaired) electrons. The Labute approximate surface area is 187 Å². The number of nitrogens with zero attached hydrogens (tertiary/aromatic N) is 2. The normalized spacial score (nSPS) is 23.9. The molecule has 0 spiro atoms. The number of hydrogen-bond acceptors (Lipinski definition) is 4. The first-order valence-electron chi connectivity index (χ1n) is 12.2. The second-order valence-electron chi connectivity index (χ2n) is 9.34. The molecule has 5 rings (SSSR count). The van der Waals surface area contributed by atoms with E-state index in [1.165, 1.54) is 68.4 Å². The van der Waals surface area contributed by atoms with Crippen molar-refractivity contribution in [1.29, 1.82) is 0 Å². The Bertz CT molecular complexity index is 877. The number of para-hydroxylation sites is 1. The van der Waals surface area contributed by atoms with Crippen molar-refractivity contribution in [2.24, 2.45) is 0 Å². The first-order chi connectivity index (χ1) is 15.3. The van der Waals surface area contributed by atoms with E-state index in [1.54, 1.807) is 7.11 Å². The number of rotatable bonds is 7. The smallest absolute Gasteiger partial charge is 0.122 e. The molecule has 2 aromatic carbocycles. The zero-order valence-corrected chi connectivity index (χ0v) is 18.9. The maximum Gasteiger partial charge on any atom is 0.122 e. The van der Waals surface area contributed by atoms with Crippen molar-refractivity contribution in [1.82, 2.24) is 9.80 Å². The summed E-state index contributed by atoms with van der Waals surface area (Å²) in [6, 6.07) is 15.9. The minimum atomic E-state index is 0.355. The molecule has 0 aromatic heterocycles. The molecule has 2 fully saturated rings. The van der Waals surface area contributed by atoms with E-state index in [1.807, 2.05) is 0 Å². The van der Waals surface area contributed by atoms with E-state index in [0.29, 0.717) is 12.0 Å². The van der Waals surface area contributed by atoms with Crippen molar-refractivity contribution < 1.29 is 9.47 Å². The van der Waals surface area contributed by atoms with Gasteiger partial charge >= 0.3 is 0 Å². The molecule has 4 nitrogen and oxygen atoms in total. The van der Waals surface area contributed by atoms with Crippen LogP contribution in [0, 0.1) is 0 Å². The number of piperidine rings is 1. The highest BCUT2D eigenvalue weighted by Crippen LogP contribution is 2.46. The van der Waals surface area contributed by atoms with Crippen LogP contribution in [0.3, 0.4) is 0 Å². The van der Waals surface area contributed by atoms with E-state index in [0.717, 1.165) is 37.6 Å². The van der Waals surface area contributed by atoms with Crippen molar-refractivity contribution in [2.75, 3.05) is 46.4 Å². The number of ether oxygens (including phenoxy) is 2. The first kappa shape index (κ1) is 20.8. The van der Waals surface area contributed by atoms with Crippen LogP contribution in [0.15, 0.2) is 42.5 Å². The monoisotopic (exact) mass is 420 g/mol. The third-order valence-electron chi connectivity index (χ3n) is 7.42. The molecule has 0 amide bonds. The van der Waals surface area contributed by atoms with E-state index in [9.17, 15) is 0 Å². The van der Waals surface area contributed by atoms with E-state index in [2.05, 4.69) is 52.3 Å². The summed E-state index contributed by atoms with van der Waals surface area (Å²) in [7, 11) is 1.78. The standard InChI is InChI=1S/C27H36N2O2/c1-30-27-11-4-3-9-23(27)25-20-29-17-7-10-26(29)24-19-21(12-13-22(24)25)31-18-8-16-28-14-5-2-6-15-28/h3-4,9,11-13,19,25-26H,2,5-8,10,14-18,20H2,1H3/t25-,26+/m0/s1. The molecule has 2 aromatic rings. The first-order valence-corrected chi connectivity index (χ1v) is 12.2. The maximum atomic E-state index is 6.23. The Kier molecular flexibility index (Phi) is 6.47. The van der Waals surface area contributed by atoms with Crippen LogP contribution < -0.4 is 9.47 Å². The molecule has 0 aliphatic carbocycles. The van der Waals surface area contributed by atoms with E-state index in [4.69, 9.17) is 9.47 Å². The predicted molar refractivity (Wildman–Crippen MR) is 125 cm³/mol. The average Bonchev–Trinajstić information content (AvgIpc) is 3.31. The Hall–Kier alpha value is -2.04. The fourth-order valence-electron chi connectivity index (χ4n) is 5.86. The Morgan fingerprint density at radius 3 is 2.65 bits per heavy atom. The molecule has 4 heteroatoms. The number of hydrogen-bond donors (Lipinski definition) is 0. The summed E-state index contributed by atoms with van der Waals surface area (Å²) in [5, 5.41) is 0. The number of likely N-dealkylation sites (tertiary alicyclic amines) is 1. The molecule has 0 saturated carbocycles. The van der Waals surface area contributed by atoms with Crippen molar-refractivity contribution in [3.05, 3.63) is 59.2 Å². The summed E-state index contributed by atoms with van der Waals surface area (Å²) in [4.78, 5) is 5.26. The SMILES string of the molecule is COc1ccccc1[C@H]1CN2CCC[C@@H]2c2cc(OCCCN3CCCCC3)ccc21. The highest BCUT2D eigenvalue weighted by molar-refractivity contribution is 5.49.